The van der Waals surface area contributed by atoms with Crippen molar-refractivity contribution in [3.05, 3.63) is 97.1 Å². The Bertz CT molecular complexity index is 1350. The van der Waals surface area contributed by atoms with Crippen LogP contribution in [0.4, 0.5) is 0 Å². The molecule has 0 amide bonds. The first kappa shape index (κ1) is 22.2. The van der Waals surface area contributed by atoms with Gasteiger partial charge in [0, 0.05) is 17.7 Å². The molecule has 33 heavy (non-hydrogen) atoms. The number of thiazole rings is 1. The van der Waals surface area contributed by atoms with Crippen molar-refractivity contribution in [3.8, 4) is 33.5 Å². The Kier molecular flexibility index (Phi) is 6.50. The molecule has 0 saturated heterocycles. The van der Waals surface area contributed by atoms with E-state index < -0.39 is 0 Å². The SMILES string of the molecule is [Be+2].[O-]c1ccccc1-c1[nH+]c2ccccc2o1.[O-]c1ccccc1-c1[nH+]c2ccccc2s1. The molecular formula is C26H18BeN2O3S+2. The molecule has 0 aliphatic heterocycles. The third kappa shape index (κ3) is 4.62. The summed E-state index contributed by atoms with van der Waals surface area (Å²) in [6.45, 7) is 0. The third-order valence-electron chi connectivity index (χ3n) is 4.96. The fourth-order valence-electron chi connectivity index (χ4n) is 3.39. The minimum atomic E-state index is -0.0437. The number of aromatic amines is 2. The van der Waals surface area contributed by atoms with E-state index in [1.807, 2.05) is 66.7 Å². The minimum Gasteiger partial charge on any atom is -0.872 e. The molecule has 0 aliphatic rings. The standard InChI is InChI=1S/C13H9NO2.C13H9NOS.Be/c2*15-11-7-3-1-5-9(11)13-14-10-6-2-4-8-12(10)16-13;/h2*1-8,15H;/q;;+2. The van der Waals surface area contributed by atoms with Crippen LogP contribution in [0.25, 0.3) is 43.3 Å². The van der Waals surface area contributed by atoms with Crippen LogP contribution in [0.15, 0.2) is 101 Å². The normalized spacial score (nSPS) is 10.4. The quantitative estimate of drug-likeness (QED) is 0.375. The molecule has 0 aliphatic carbocycles. The Morgan fingerprint density at radius 1 is 0.606 bits per heavy atom. The van der Waals surface area contributed by atoms with Crippen molar-refractivity contribution in [1.82, 2.24) is 0 Å². The van der Waals surface area contributed by atoms with E-state index in [0.29, 0.717) is 11.5 Å². The maximum Gasteiger partial charge on any atom is 2.00 e. The summed E-state index contributed by atoms with van der Waals surface area (Å²) in [5.41, 5.74) is 4.01. The van der Waals surface area contributed by atoms with Crippen molar-refractivity contribution in [2.75, 3.05) is 0 Å². The van der Waals surface area contributed by atoms with Crippen LogP contribution in [0, 0.1) is 0 Å². The molecule has 0 radical (unpaired) electrons. The molecule has 6 aromatic rings. The Morgan fingerprint density at radius 2 is 1.18 bits per heavy atom. The van der Waals surface area contributed by atoms with E-state index in [1.165, 1.54) is 10.8 Å². The number of nitrogens with one attached hydrogen (secondary N) is 2. The Hall–Kier alpha value is -3.99. The zero-order chi connectivity index (χ0) is 21.9. The fourth-order valence-corrected chi connectivity index (χ4v) is 4.42. The summed E-state index contributed by atoms with van der Waals surface area (Å²) in [5, 5.41) is 24.2. The molecule has 5 nitrogen and oxygen atoms in total. The number of H-pyrrole nitrogens is 2. The molecule has 0 saturated carbocycles. The van der Waals surface area contributed by atoms with E-state index in [4.69, 9.17) is 4.42 Å². The summed E-state index contributed by atoms with van der Waals surface area (Å²) in [5.74, 6) is 0.523. The van der Waals surface area contributed by atoms with Crippen LogP contribution in [0.1, 0.15) is 0 Å². The average molecular weight is 448 g/mol. The van der Waals surface area contributed by atoms with Crippen molar-refractivity contribution < 1.29 is 24.6 Å². The predicted molar refractivity (Wildman–Crippen MR) is 127 cm³/mol. The molecule has 6 rings (SSSR count). The van der Waals surface area contributed by atoms with E-state index in [2.05, 4.69) is 9.97 Å². The molecule has 156 valence electrons. The molecule has 0 fully saturated rings. The number of para-hydroxylation sites is 5. The number of oxazole rings is 1. The summed E-state index contributed by atoms with van der Waals surface area (Å²) in [6.07, 6.45) is 0. The maximum atomic E-state index is 11.7. The average Bonchev–Trinajstić information content (AvgIpc) is 3.44. The first-order valence-corrected chi connectivity index (χ1v) is 10.9. The van der Waals surface area contributed by atoms with Crippen LogP contribution in [-0.2, 0) is 0 Å². The Balaban J connectivity index is 0.000000152. The zero-order valence-corrected chi connectivity index (χ0v) is 18.4. The second kappa shape index (κ2) is 9.65. The van der Waals surface area contributed by atoms with Gasteiger partial charge < -0.3 is 14.6 Å². The number of rotatable bonds is 2. The van der Waals surface area contributed by atoms with E-state index in [-0.39, 0.29) is 21.6 Å². The molecule has 7 heteroatoms. The number of aromatic nitrogens is 2. The fraction of sp³-hybridized carbons (Fsp3) is 0. The van der Waals surface area contributed by atoms with Gasteiger partial charge in [0.25, 0.3) is 5.01 Å². The van der Waals surface area contributed by atoms with E-state index in [1.54, 1.807) is 35.6 Å². The van der Waals surface area contributed by atoms with Gasteiger partial charge in [-0.15, -0.1) is 0 Å². The van der Waals surface area contributed by atoms with E-state index in [9.17, 15) is 10.2 Å². The van der Waals surface area contributed by atoms with Crippen molar-refractivity contribution in [1.29, 1.82) is 0 Å². The summed E-state index contributed by atoms with van der Waals surface area (Å²) in [4.78, 5) is 6.36. The Labute approximate surface area is 197 Å². The van der Waals surface area contributed by atoms with E-state index >= 15 is 0 Å². The van der Waals surface area contributed by atoms with Gasteiger partial charge in [0.2, 0.25) is 16.6 Å². The van der Waals surface area contributed by atoms with Gasteiger partial charge in [0.1, 0.15) is 4.70 Å². The monoisotopic (exact) mass is 447 g/mol. The predicted octanol–water partition coefficient (Wildman–Crippen LogP) is 4.06. The second-order valence-electron chi connectivity index (χ2n) is 7.10. The molecule has 0 unspecified atom stereocenters. The maximum absolute atomic E-state index is 11.7. The molecule has 4 aromatic carbocycles. The minimum absolute atomic E-state index is 0. The summed E-state index contributed by atoms with van der Waals surface area (Å²) in [6, 6.07) is 29.5. The molecule has 2 N–H and O–H groups in total. The van der Waals surface area contributed by atoms with Gasteiger partial charge in [-0.2, -0.15) is 9.97 Å². The number of benzene rings is 4. The van der Waals surface area contributed by atoms with Crippen LogP contribution in [-0.4, -0.2) is 10.1 Å². The first-order valence-electron chi connectivity index (χ1n) is 10.0. The van der Waals surface area contributed by atoms with Crippen molar-refractivity contribution in [2.24, 2.45) is 0 Å². The topological polar surface area (TPSA) is 87.5 Å². The summed E-state index contributed by atoms with van der Waals surface area (Å²) in [7, 11) is 0. The van der Waals surface area contributed by atoms with Gasteiger partial charge in [-0.05, 0) is 24.3 Å². The van der Waals surface area contributed by atoms with Crippen LogP contribution in [0.3, 0.4) is 0 Å². The second-order valence-corrected chi connectivity index (χ2v) is 8.15. The molecule has 2 aromatic heterocycles. The van der Waals surface area contributed by atoms with Gasteiger partial charge in [0.15, 0.2) is 0 Å². The van der Waals surface area contributed by atoms with Gasteiger partial charge in [-0.25, -0.2) is 0 Å². The van der Waals surface area contributed by atoms with Crippen LogP contribution in [0.2, 0.25) is 0 Å². The largest absolute Gasteiger partial charge is 2.00 e. The molecular weight excluding hydrogens is 429 g/mol. The van der Waals surface area contributed by atoms with Gasteiger partial charge in [-0.3, -0.25) is 0 Å². The van der Waals surface area contributed by atoms with Crippen molar-refractivity contribution in [2.45, 2.75) is 0 Å². The molecule has 0 atom stereocenters. The van der Waals surface area contributed by atoms with Gasteiger partial charge in [-0.1, -0.05) is 83.5 Å². The molecule has 0 bridgehead atoms. The number of fused-ring (bicyclic) bond motifs is 2. The van der Waals surface area contributed by atoms with Crippen LogP contribution in [0.5, 0.6) is 11.5 Å². The Morgan fingerprint density at radius 3 is 1.85 bits per heavy atom. The van der Waals surface area contributed by atoms with Crippen molar-refractivity contribution in [3.63, 3.8) is 0 Å². The van der Waals surface area contributed by atoms with Crippen molar-refractivity contribution >= 4 is 42.8 Å². The zero-order valence-electron chi connectivity index (χ0n) is 17.6. The molecule has 0 spiro atoms. The number of hydrogen-bond acceptors (Lipinski definition) is 4. The van der Waals surface area contributed by atoms with E-state index in [0.717, 1.165) is 27.2 Å². The third-order valence-corrected chi connectivity index (χ3v) is 6.06. The van der Waals surface area contributed by atoms with Gasteiger partial charge in [0.05, 0.1) is 5.56 Å². The molecule has 2 heterocycles. The summed E-state index contributed by atoms with van der Waals surface area (Å²) < 4.78 is 6.75. The first-order chi connectivity index (χ1) is 15.7. The van der Waals surface area contributed by atoms with Crippen LogP contribution < -0.4 is 20.2 Å². The smallest absolute Gasteiger partial charge is 0.872 e. The van der Waals surface area contributed by atoms with Gasteiger partial charge >= 0.3 is 16.0 Å². The summed E-state index contributed by atoms with van der Waals surface area (Å²) >= 11 is 1.61. The number of hydrogen-bond donors (Lipinski definition) is 0. The van der Waals surface area contributed by atoms with Crippen LogP contribution >= 0.6 is 11.3 Å².